The number of aliphatic hydroxyl groups is 4. The van der Waals surface area contributed by atoms with Gasteiger partial charge in [-0.1, -0.05) is 19.8 Å². The van der Waals surface area contributed by atoms with Crippen LogP contribution < -0.4 is 0 Å². The Balaban J connectivity index is 2.42. The van der Waals surface area contributed by atoms with Crippen LogP contribution in [0.5, 0.6) is 0 Å². The lowest BCUT2D eigenvalue weighted by molar-refractivity contribution is -0.301. The highest BCUT2D eigenvalue weighted by atomic mass is 16.7. The second kappa shape index (κ2) is 7.25. The summed E-state index contributed by atoms with van der Waals surface area (Å²) in [6.45, 7) is 2.05. The average Bonchev–Trinajstić information content (AvgIpc) is 2.34. The lowest BCUT2D eigenvalue weighted by Gasteiger charge is -2.39. The van der Waals surface area contributed by atoms with E-state index in [0.29, 0.717) is 6.61 Å². The fourth-order valence-electron chi connectivity index (χ4n) is 1.76. The molecule has 1 heterocycles. The van der Waals surface area contributed by atoms with Gasteiger partial charge in [0, 0.05) is 6.61 Å². The van der Waals surface area contributed by atoms with Crippen molar-refractivity contribution in [3.05, 3.63) is 0 Å². The summed E-state index contributed by atoms with van der Waals surface area (Å²) in [5, 5.41) is 37.6. The minimum absolute atomic E-state index is 0.413. The molecule has 1 saturated heterocycles. The molecule has 4 N–H and O–H groups in total. The van der Waals surface area contributed by atoms with Gasteiger partial charge in [-0.05, 0) is 6.42 Å². The van der Waals surface area contributed by atoms with Gasteiger partial charge in [0.05, 0.1) is 6.61 Å². The Kier molecular flexibility index (Phi) is 6.32. The van der Waals surface area contributed by atoms with Gasteiger partial charge in [0.25, 0.3) is 0 Å². The van der Waals surface area contributed by atoms with Gasteiger partial charge in [-0.15, -0.1) is 0 Å². The fraction of sp³-hybridized carbons (Fsp3) is 1.00. The number of aliphatic hydroxyl groups excluding tert-OH is 4. The minimum atomic E-state index is -1.36. The topological polar surface area (TPSA) is 99.4 Å². The van der Waals surface area contributed by atoms with Crippen LogP contribution >= 0.6 is 0 Å². The molecule has 1 rings (SSSR count). The number of hydrogen-bond acceptors (Lipinski definition) is 6. The predicted molar refractivity (Wildman–Crippen MR) is 59.2 cm³/mol. The molecule has 1 fully saturated rings. The van der Waals surface area contributed by atoms with Crippen LogP contribution in [-0.2, 0) is 9.47 Å². The monoisotopic (exact) mass is 250 g/mol. The fourth-order valence-corrected chi connectivity index (χ4v) is 1.76. The van der Waals surface area contributed by atoms with Crippen LogP contribution in [0.1, 0.15) is 26.2 Å². The van der Waals surface area contributed by atoms with Crippen molar-refractivity contribution in [2.45, 2.75) is 56.9 Å². The molecule has 5 atom stereocenters. The molecule has 0 aromatic heterocycles. The van der Waals surface area contributed by atoms with Crippen LogP contribution in [0.3, 0.4) is 0 Å². The molecule has 0 aromatic rings. The molecule has 1 aliphatic rings. The van der Waals surface area contributed by atoms with Gasteiger partial charge < -0.3 is 29.9 Å². The molecule has 0 saturated carbocycles. The zero-order valence-electron chi connectivity index (χ0n) is 10.0. The van der Waals surface area contributed by atoms with Crippen molar-refractivity contribution in [1.82, 2.24) is 0 Å². The molecular weight excluding hydrogens is 228 g/mol. The Morgan fingerprint density at radius 3 is 2.35 bits per heavy atom. The number of rotatable bonds is 6. The molecule has 0 aliphatic carbocycles. The van der Waals surface area contributed by atoms with Crippen molar-refractivity contribution in [2.24, 2.45) is 0 Å². The number of ether oxygens (including phenoxy) is 2. The minimum Gasteiger partial charge on any atom is -0.394 e. The summed E-state index contributed by atoms with van der Waals surface area (Å²) in [6, 6.07) is 0. The molecule has 6 nitrogen and oxygen atoms in total. The molecule has 0 radical (unpaired) electrons. The molecule has 1 aliphatic heterocycles. The molecule has 0 bridgehead atoms. The second-order valence-electron chi connectivity index (χ2n) is 4.28. The van der Waals surface area contributed by atoms with Gasteiger partial charge >= 0.3 is 0 Å². The van der Waals surface area contributed by atoms with E-state index in [9.17, 15) is 15.3 Å². The molecule has 102 valence electrons. The normalized spacial score (nSPS) is 38.3. The first-order valence-electron chi connectivity index (χ1n) is 6.04. The van der Waals surface area contributed by atoms with Gasteiger partial charge in [0.2, 0.25) is 0 Å². The van der Waals surface area contributed by atoms with Crippen molar-refractivity contribution in [1.29, 1.82) is 0 Å². The Bertz CT molecular complexity index is 210. The van der Waals surface area contributed by atoms with E-state index in [-0.39, 0.29) is 0 Å². The van der Waals surface area contributed by atoms with E-state index in [4.69, 9.17) is 14.6 Å². The Morgan fingerprint density at radius 1 is 1.06 bits per heavy atom. The van der Waals surface area contributed by atoms with E-state index in [1.54, 1.807) is 0 Å². The molecule has 0 aromatic carbocycles. The summed E-state index contributed by atoms with van der Waals surface area (Å²) >= 11 is 0. The average molecular weight is 250 g/mol. The highest BCUT2D eigenvalue weighted by Crippen LogP contribution is 2.22. The zero-order chi connectivity index (χ0) is 12.8. The van der Waals surface area contributed by atoms with Gasteiger partial charge in [-0.3, -0.25) is 0 Å². The third-order valence-electron chi connectivity index (χ3n) is 2.88. The second-order valence-corrected chi connectivity index (χ2v) is 4.28. The van der Waals surface area contributed by atoms with Gasteiger partial charge in [0.1, 0.15) is 24.4 Å². The maximum absolute atomic E-state index is 9.64. The van der Waals surface area contributed by atoms with Crippen molar-refractivity contribution >= 4 is 0 Å². The Hall–Kier alpha value is -0.240. The summed E-state index contributed by atoms with van der Waals surface area (Å²) in [5.41, 5.74) is 0. The van der Waals surface area contributed by atoms with Crippen LogP contribution in [0.25, 0.3) is 0 Å². The lowest BCUT2D eigenvalue weighted by Crippen LogP contribution is -2.59. The zero-order valence-corrected chi connectivity index (χ0v) is 10.0. The first-order chi connectivity index (χ1) is 8.11. The number of unbranched alkanes of at least 4 members (excludes halogenated alkanes) is 2. The molecule has 0 unspecified atom stereocenters. The van der Waals surface area contributed by atoms with Gasteiger partial charge in [-0.2, -0.15) is 0 Å². The Morgan fingerprint density at radius 2 is 1.76 bits per heavy atom. The summed E-state index contributed by atoms with van der Waals surface area (Å²) < 4.78 is 10.5. The summed E-state index contributed by atoms with van der Waals surface area (Å²) in [5.74, 6) is 0. The summed E-state index contributed by atoms with van der Waals surface area (Å²) in [7, 11) is 0. The first kappa shape index (κ1) is 14.8. The van der Waals surface area contributed by atoms with Gasteiger partial charge in [-0.25, -0.2) is 0 Å². The van der Waals surface area contributed by atoms with Gasteiger partial charge in [0.15, 0.2) is 6.29 Å². The molecular formula is C11H22O6. The highest BCUT2D eigenvalue weighted by molar-refractivity contribution is 4.88. The van der Waals surface area contributed by atoms with Crippen molar-refractivity contribution in [3.63, 3.8) is 0 Å². The maximum atomic E-state index is 9.64. The van der Waals surface area contributed by atoms with Crippen LogP contribution in [0.15, 0.2) is 0 Å². The van der Waals surface area contributed by atoms with E-state index in [1.165, 1.54) is 0 Å². The molecule has 0 spiro atoms. The first-order valence-corrected chi connectivity index (χ1v) is 6.04. The van der Waals surface area contributed by atoms with Crippen LogP contribution in [0.4, 0.5) is 0 Å². The number of hydrogen-bond donors (Lipinski definition) is 4. The summed E-state index contributed by atoms with van der Waals surface area (Å²) in [4.78, 5) is 0. The van der Waals surface area contributed by atoms with Crippen molar-refractivity contribution in [2.75, 3.05) is 13.2 Å². The standard InChI is InChI=1S/C11H22O6/c1-2-3-4-5-16-11-10(15)9(14)8(13)7(6-12)17-11/h7-15H,2-6H2,1H3/t7-,8-,9+,10-,11+/m1/s1. The molecule has 17 heavy (non-hydrogen) atoms. The van der Waals surface area contributed by atoms with Crippen molar-refractivity contribution in [3.8, 4) is 0 Å². The maximum Gasteiger partial charge on any atom is 0.186 e. The quantitative estimate of drug-likeness (QED) is 0.451. The highest BCUT2D eigenvalue weighted by Gasteiger charge is 2.43. The predicted octanol–water partition coefficient (Wildman–Crippen LogP) is -1.01. The van der Waals surface area contributed by atoms with Crippen LogP contribution in [0.2, 0.25) is 0 Å². The van der Waals surface area contributed by atoms with E-state index in [0.717, 1.165) is 19.3 Å². The van der Waals surface area contributed by atoms with E-state index in [2.05, 4.69) is 6.92 Å². The van der Waals surface area contributed by atoms with E-state index < -0.39 is 37.3 Å². The van der Waals surface area contributed by atoms with E-state index >= 15 is 0 Å². The summed E-state index contributed by atoms with van der Waals surface area (Å²) in [6.07, 6.45) is -2.98. The third kappa shape index (κ3) is 3.87. The Labute approximate surface area is 101 Å². The van der Waals surface area contributed by atoms with Crippen molar-refractivity contribution < 1.29 is 29.9 Å². The van der Waals surface area contributed by atoms with E-state index in [1.807, 2.05) is 0 Å². The third-order valence-corrected chi connectivity index (χ3v) is 2.88. The molecule has 6 heteroatoms. The largest absolute Gasteiger partial charge is 0.394 e. The van der Waals surface area contributed by atoms with Crippen LogP contribution in [-0.4, -0.2) is 64.3 Å². The lowest BCUT2D eigenvalue weighted by atomic mass is 9.99. The smallest absolute Gasteiger partial charge is 0.186 e. The SMILES string of the molecule is CCCCCO[C@H]1O[C@H](CO)[C@@H](O)[C@H](O)[C@H]1O. The molecule has 0 amide bonds. The van der Waals surface area contributed by atoms with Crippen LogP contribution in [0, 0.1) is 0 Å².